The standard InChI is InChI=1S/C19H15N3O6/c1-9-10-6-11(20-24)12(21-25)7-15(10)28-16-8-13(22-26)18(19(23)17(9)16)14-4-2-3-5-27-14/h6-8,14,23H,1-5H2/t14-/m1/s1. The van der Waals surface area contributed by atoms with Crippen LogP contribution in [0.2, 0.25) is 0 Å². The van der Waals surface area contributed by atoms with E-state index in [9.17, 15) is 19.8 Å². The van der Waals surface area contributed by atoms with Crippen molar-refractivity contribution in [2.45, 2.75) is 25.4 Å². The van der Waals surface area contributed by atoms with Gasteiger partial charge in [0.25, 0.3) is 0 Å². The van der Waals surface area contributed by atoms with Gasteiger partial charge in [-0.2, -0.15) is 0 Å². The fourth-order valence-electron chi connectivity index (χ4n) is 3.66. The molecule has 9 nitrogen and oxygen atoms in total. The summed E-state index contributed by atoms with van der Waals surface area (Å²) in [7, 11) is 0. The van der Waals surface area contributed by atoms with Crippen molar-refractivity contribution < 1.29 is 14.6 Å². The van der Waals surface area contributed by atoms with Crippen molar-refractivity contribution in [1.29, 1.82) is 0 Å². The molecule has 2 heterocycles. The monoisotopic (exact) mass is 381 g/mol. The largest absolute Gasteiger partial charge is 0.507 e. The maximum atomic E-state index is 11.4. The molecule has 1 saturated heterocycles. The molecule has 0 aromatic heterocycles. The quantitative estimate of drug-likeness (QED) is 0.552. The zero-order valence-corrected chi connectivity index (χ0v) is 14.7. The number of phenolic OH excluding ortho intramolecular Hbond substituents is 1. The Morgan fingerprint density at radius 2 is 1.64 bits per heavy atom. The molecule has 2 aliphatic heterocycles. The molecule has 142 valence electrons. The van der Waals surface area contributed by atoms with E-state index in [1.54, 1.807) is 0 Å². The fraction of sp³-hybridized carbons (Fsp3) is 0.263. The second kappa shape index (κ2) is 6.93. The maximum Gasteiger partial charge on any atom is 0.141 e. The molecule has 28 heavy (non-hydrogen) atoms. The molecule has 9 heteroatoms. The van der Waals surface area contributed by atoms with Gasteiger partial charge in [0, 0.05) is 24.3 Å². The zero-order valence-electron chi connectivity index (χ0n) is 14.7. The van der Waals surface area contributed by atoms with Crippen molar-refractivity contribution in [3.8, 4) is 17.2 Å². The number of rotatable bonds is 4. The van der Waals surface area contributed by atoms with Gasteiger partial charge in [0.1, 0.15) is 34.3 Å². The van der Waals surface area contributed by atoms with Crippen LogP contribution in [0.3, 0.4) is 0 Å². The molecule has 2 aliphatic rings. The molecule has 2 aromatic carbocycles. The highest BCUT2D eigenvalue weighted by Crippen LogP contribution is 2.54. The van der Waals surface area contributed by atoms with Gasteiger partial charge in [0.2, 0.25) is 0 Å². The summed E-state index contributed by atoms with van der Waals surface area (Å²) in [6, 6.07) is 3.99. The normalized spacial score (nSPS) is 17.9. The van der Waals surface area contributed by atoms with Gasteiger partial charge in [-0.3, -0.25) is 0 Å². The first kappa shape index (κ1) is 17.9. The molecule has 0 bridgehead atoms. The summed E-state index contributed by atoms with van der Waals surface area (Å²) in [5.41, 5.74) is 0.963. The first-order chi connectivity index (χ1) is 13.6. The van der Waals surface area contributed by atoms with E-state index in [1.807, 2.05) is 0 Å². The predicted molar refractivity (Wildman–Crippen MR) is 102 cm³/mol. The Morgan fingerprint density at radius 3 is 2.29 bits per heavy atom. The molecule has 0 spiro atoms. The lowest BCUT2D eigenvalue weighted by Gasteiger charge is -2.28. The van der Waals surface area contributed by atoms with E-state index in [0.29, 0.717) is 29.7 Å². The van der Waals surface area contributed by atoms with Crippen molar-refractivity contribution >= 4 is 22.6 Å². The first-order valence-electron chi connectivity index (χ1n) is 8.66. The number of nitrogens with zero attached hydrogens (tertiary/aromatic N) is 3. The SMILES string of the molecule is C=C1c2cc(N=O)c(N=O)cc2Oc2cc(N=O)c([C@H]3CCCCO3)c(O)c21. The van der Waals surface area contributed by atoms with E-state index < -0.39 is 6.10 Å². The number of benzene rings is 2. The summed E-state index contributed by atoms with van der Waals surface area (Å²) >= 11 is 0. The molecule has 0 amide bonds. The van der Waals surface area contributed by atoms with Gasteiger partial charge < -0.3 is 14.6 Å². The van der Waals surface area contributed by atoms with Gasteiger partial charge in [-0.1, -0.05) is 6.58 Å². The van der Waals surface area contributed by atoms with Crippen LogP contribution in [0.5, 0.6) is 17.2 Å². The van der Waals surface area contributed by atoms with Crippen molar-refractivity contribution in [3.63, 3.8) is 0 Å². The van der Waals surface area contributed by atoms with E-state index in [0.717, 1.165) is 12.8 Å². The summed E-state index contributed by atoms with van der Waals surface area (Å²) < 4.78 is 11.5. The zero-order chi connectivity index (χ0) is 19.8. The van der Waals surface area contributed by atoms with Crippen LogP contribution in [0.25, 0.3) is 5.57 Å². The third-order valence-electron chi connectivity index (χ3n) is 5.00. The Hall–Kier alpha value is -3.46. The third kappa shape index (κ3) is 2.67. The summed E-state index contributed by atoms with van der Waals surface area (Å²) in [6.07, 6.45) is 1.99. The molecule has 4 rings (SSSR count). The maximum absolute atomic E-state index is 11.4. The van der Waals surface area contributed by atoms with Crippen molar-refractivity contribution in [1.82, 2.24) is 0 Å². The lowest BCUT2D eigenvalue weighted by Crippen LogP contribution is -2.13. The van der Waals surface area contributed by atoms with Crippen LogP contribution in [0.4, 0.5) is 17.1 Å². The number of hydrogen-bond donors (Lipinski definition) is 1. The molecular weight excluding hydrogens is 366 g/mol. The fourth-order valence-corrected chi connectivity index (χ4v) is 3.66. The Labute approximate surface area is 158 Å². The van der Waals surface area contributed by atoms with Gasteiger partial charge in [0.15, 0.2) is 0 Å². The van der Waals surface area contributed by atoms with Gasteiger partial charge >= 0.3 is 0 Å². The number of hydrogen-bond acceptors (Lipinski definition) is 9. The number of ether oxygens (including phenoxy) is 2. The molecule has 1 atom stereocenters. The van der Waals surface area contributed by atoms with E-state index in [2.05, 4.69) is 22.1 Å². The Balaban J connectivity index is 1.89. The average molecular weight is 381 g/mol. The Bertz CT molecular complexity index is 1030. The number of nitroso groups, excluding NO2 is 3. The Kier molecular flexibility index (Phi) is 4.44. The van der Waals surface area contributed by atoms with Gasteiger partial charge in [-0.25, -0.2) is 0 Å². The first-order valence-corrected chi connectivity index (χ1v) is 8.66. The summed E-state index contributed by atoms with van der Waals surface area (Å²) in [5.74, 6) is 0.165. The molecular formula is C19H15N3O6. The lowest BCUT2D eigenvalue weighted by molar-refractivity contribution is 0.0140. The van der Waals surface area contributed by atoms with Crippen molar-refractivity contribution in [2.24, 2.45) is 15.5 Å². The molecule has 0 radical (unpaired) electrons. The number of phenols is 1. The second-order valence-corrected chi connectivity index (χ2v) is 6.58. The van der Waals surface area contributed by atoms with E-state index >= 15 is 0 Å². The summed E-state index contributed by atoms with van der Waals surface area (Å²) in [6.45, 7) is 4.51. The summed E-state index contributed by atoms with van der Waals surface area (Å²) in [4.78, 5) is 33.4. The second-order valence-electron chi connectivity index (χ2n) is 6.58. The molecule has 1 fully saturated rings. The van der Waals surface area contributed by atoms with Crippen LogP contribution in [-0.4, -0.2) is 11.7 Å². The molecule has 2 aromatic rings. The highest BCUT2D eigenvalue weighted by Gasteiger charge is 2.32. The van der Waals surface area contributed by atoms with Crippen LogP contribution < -0.4 is 4.74 Å². The molecule has 0 aliphatic carbocycles. The lowest BCUT2D eigenvalue weighted by atomic mass is 9.89. The van der Waals surface area contributed by atoms with E-state index in [-0.39, 0.29) is 39.9 Å². The van der Waals surface area contributed by atoms with Crippen molar-refractivity contribution in [2.75, 3.05) is 6.61 Å². The summed E-state index contributed by atoms with van der Waals surface area (Å²) in [5, 5.41) is 19.6. The van der Waals surface area contributed by atoms with Crippen molar-refractivity contribution in [3.05, 3.63) is 56.2 Å². The van der Waals surface area contributed by atoms with Crippen LogP contribution >= 0.6 is 0 Å². The van der Waals surface area contributed by atoms with Crippen LogP contribution in [0.15, 0.2) is 40.3 Å². The van der Waals surface area contributed by atoms with E-state index in [4.69, 9.17) is 9.47 Å². The number of aromatic hydroxyl groups is 1. The highest BCUT2D eigenvalue weighted by molar-refractivity contribution is 5.93. The molecule has 0 unspecified atom stereocenters. The predicted octanol–water partition coefficient (Wildman–Crippen LogP) is 5.99. The average Bonchev–Trinajstić information content (AvgIpc) is 2.73. The minimum Gasteiger partial charge on any atom is -0.507 e. The molecule has 1 N–H and O–H groups in total. The van der Waals surface area contributed by atoms with Crippen LogP contribution in [-0.2, 0) is 4.74 Å². The van der Waals surface area contributed by atoms with Crippen LogP contribution in [0.1, 0.15) is 42.1 Å². The number of fused-ring (bicyclic) bond motifs is 2. The topological polar surface area (TPSA) is 127 Å². The minimum absolute atomic E-state index is 0.0133. The molecule has 0 saturated carbocycles. The van der Waals surface area contributed by atoms with Gasteiger partial charge in [0.05, 0.1) is 17.2 Å². The third-order valence-corrected chi connectivity index (χ3v) is 5.00. The minimum atomic E-state index is -0.463. The van der Waals surface area contributed by atoms with E-state index in [1.165, 1.54) is 18.2 Å². The van der Waals surface area contributed by atoms with Gasteiger partial charge in [-0.05, 0) is 46.4 Å². The van der Waals surface area contributed by atoms with Crippen LogP contribution in [0, 0.1) is 14.7 Å². The Morgan fingerprint density at radius 1 is 0.964 bits per heavy atom. The highest BCUT2D eigenvalue weighted by atomic mass is 16.5. The smallest absolute Gasteiger partial charge is 0.141 e. The van der Waals surface area contributed by atoms with Gasteiger partial charge in [-0.15, -0.1) is 14.7 Å².